The molecule has 0 aromatic heterocycles. The number of hydrogen-bond donors (Lipinski definition) is 2. The van der Waals surface area contributed by atoms with Crippen LogP contribution in [0.1, 0.15) is 19.3 Å². The van der Waals surface area contributed by atoms with E-state index in [0.29, 0.717) is 29.2 Å². The van der Waals surface area contributed by atoms with E-state index >= 15 is 0 Å². The van der Waals surface area contributed by atoms with Crippen LogP contribution in [-0.4, -0.2) is 33.9 Å². The molecule has 2 unspecified atom stereocenters. The van der Waals surface area contributed by atoms with E-state index in [0.717, 1.165) is 18.7 Å². The summed E-state index contributed by atoms with van der Waals surface area (Å²) in [7, 11) is 4.85. The molecule has 2 rings (SSSR count). The second-order valence-corrected chi connectivity index (χ2v) is 5.09. The lowest BCUT2D eigenvalue weighted by Gasteiger charge is -2.22. The van der Waals surface area contributed by atoms with Gasteiger partial charge in [-0.25, -0.2) is 0 Å². The summed E-state index contributed by atoms with van der Waals surface area (Å²) < 4.78 is 16.1. The topological polar surface area (TPSA) is 65.7 Å². The van der Waals surface area contributed by atoms with Gasteiger partial charge in [0, 0.05) is 23.9 Å². The van der Waals surface area contributed by atoms with Crippen molar-refractivity contribution in [1.29, 1.82) is 0 Å². The summed E-state index contributed by atoms with van der Waals surface area (Å²) in [6.07, 6.45) is 3.57. The zero-order valence-electron chi connectivity index (χ0n) is 12.4. The average molecular weight is 280 g/mol. The Balaban J connectivity index is 2.23. The van der Waals surface area contributed by atoms with Crippen molar-refractivity contribution in [3.63, 3.8) is 0 Å². The van der Waals surface area contributed by atoms with Gasteiger partial charge in [-0.3, -0.25) is 0 Å². The van der Waals surface area contributed by atoms with Crippen molar-refractivity contribution >= 4 is 5.69 Å². The Morgan fingerprint density at radius 2 is 1.75 bits per heavy atom. The van der Waals surface area contributed by atoms with E-state index in [1.165, 1.54) is 12.8 Å². The van der Waals surface area contributed by atoms with Crippen LogP contribution in [0.25, 0.3) is 0 Å². The lowest BCUT2D eigenvalue weighted by atomic mass is 10.0. The van der Waals surface area contributed by atoms with Crippen LogP contribution in [0.15, 0.2) is 12.1 Å². The van der Waals surface area contributed by atoms with E-state index in [-0.39, 0.29) is 0 Å². The largest absolute Gasteiger partial charge is 0.493 e. The molecule has 1 saturated carbocycles. The van der Waals surface area contributed by atoms with Gasteiger partial charge in [0.1, 0.15) is 0 Å². The fourth-order valence-corrected chi connectivity index (χ4v) is 2.89. The van der Waals surface area contributed by atoms with Gasteiger partial charge in [0.05, 0.1) is 21.3 Å². The zero-order valence-corrected chi connectivity index (χ0v) is 12.4. The van der Waals surface area contributed by atoms with Crippen LogP contribution in [0.3, 0.4) is 0 Å². The molecule has 5 heteroatoms. The van der Waals surface area contributed by atoms with Crippen molar-refractivity contribution in [2.24, 2.45) is 11.7 Å². The Kier molecular flexibility index (Phi) is 4.95. The van der Waals surface area contributed by atoms with Crippen LogP contribution in [-0.2, 0) is 0 Å². The molecule has 0 heterocycles. The van der Waals surface area contributed by atoms with E-state index in [4.69, 9.17) is 19.9 Å². The summed E-state index contributed by atoms with van der Waals surface area (Å²) in [6.45, 7) is 0.724. The molecular weight excluding hydrogens is 256 g/mol. The smallest absolute Gasteiger partial charge is 0.203 e. The molecule has 3 N–H and O–H groups in total. The van der Waals surface area contributed by atoms with Gasteiger partial charge >= 0.3 is 0 Å². The van der Waals surface area contributed by atoms with Crippen molar-refractivity contribution in [1.82, 2.24) is 0 Å². The number of anilines is 1. The predicted molar refractivity (Wildman–Crippen MR) is 79.9 cm³/mol. The Morgan fingerprint density at radius 1 is 1.10 bits per heavy atom. The zero-order chi connectivity index (χ0) is 14.5. The van der Waals surface area contributed by atoms with E-state index in [9.17, 15) is 0 Å². The van der Waals surface area contributed by atoms with Gasteiger partial charge in [-0.05, 0) is 25.3 Å². The van der Waals surface area contributed by atoms with Crippen molar-refractivity contribution in [3.8, 4) is 17.2 Å². The summed E-state index contributed by atoms with van der Waals surface area (Å²) >= 11 is 0. The molecule has 0 bridgehead atoms. The molecule has 5 nitrogen and oxygen atoms in total. The predicted octanol–water partition coefficient (Wildman–Crippen LogP) is 2.25. The van der Waals surface area contributed by atoms with E-state index in [1.54, 1.807) is 21.3 Å². The number of benzene rings is 1. The van der Waals surface area contributed by atoms with Crippen molar-refractivity contribution in [2.45, 2.75) is 25.3 Å². The maximum Gasteiger partial charge on any atom is 0.203 e. The molecule has 1 aliphatic rings. The molecule has 112 valence electrons. The summed E-state index contributed by atoms with van der Waals surface area (Å²) in [4.78, 5) is 0. The third-order valence-corrected chi connectivity index (χ3v) is 3.98. The van der Waals surface area contributed by atoms with Crippen LogP contribution in [0.2, 0.25) is 0 Å². The van der Waals surface area contributed by atoms with E-state index in [1.807, 2.05) is 12.1 Å². The molecule has 0 aliphatic heterocycles. The molecule has 1 aromatic carbocycles. The maximum absolute atomic E-state index is 5.83. The number of ether oxygens (including phenoxy) is 3. The molecule has 0 spiro atoms. The van der Waals surface area contributed by atoms with Gasteiger partial charge < -0.3 is 25.3 Å². The lowest BCUT2D eigenvalue weighted by Crippen LogP contribution is -2.29. The Hall–Kier alpha value is -1.62. The van der Waals surface area contributed by atoms with Gasteiger partial charge in [-0.2, -0.15) is 0 Å². The fraction of sp³-hybridized carbons (Fsp3) is 0.600. The van der Waals surface area contributed by atoms with Crippen LogP contribution >= 0.6 is 0 Å². The first-order valence-electron chi connectivity index (χ1n) is 7.00. The molecule has 0 radical (unpaired) electrons. The van der Waals surface area contributed by atoms with Gasteiger partial charge in [-0.15, -0.1) is 0 Å². The number of nitrogens with one attached hydrogen (secondary N) is 1. The molecule has 1 aliphatic carbocycles. The number of nitrogens with two attached hydrogens (primary N) is 1. The van der Waals surface area contributed by atoms with Crippen LogP contribution in [0.5, 0.6) is 17.2 Å². The molecular formula is C15H24N2O3. The molecule has 0 saturated heterocycles. The molecule has 0 amide bonds. The molecule has 20 heavy (non-hydrogen) atoms. The van der Waals surface area contributed by atoms with E-state index < -0.39 is 0 Å². The summed E-state index contributed by atoms with van der Waals surface area (Å²) in [5.41, 5.74) is 6.80. The Labute approximate surface area is 120 Å². The van der Waals surface area contributed by atoms with Crippen molar-refractivity contribution in [2.75, 3.05) is 33.2 Å². The van der Waals surface area contributed by atoms with Gasteiger partial charge in [0.25, 0.3) is 0 Å². The standard InChI is InChI=1S/C15H24N2O3/c1-18-13-7-11(8-14(19-2)15(13)20-3)17-12-6-4-5-10(12)9-16/h7-8,10,12,17H,4-6,9,16H2,1-3H3. The van der Waals surface area contributed by atoms with Crippen molar-refractivity contribution in [3.05, 3.63) is 12.1 Å². The Bertz CT molecular complexity index is 426. The third-order valence-electron chi connectivity index (χ3n) is 3.98. The van der Waals surface area contributed by atoms with Gasteiger partial charge in [0.15, 0.2) is 11.5 Å². The quantitative estimate of drug-likeness (QED) is 0.836. The second kappa shape index (κ2) is 6.70. The molecule has 1 aromatic rings. The van der Waals surface area contributed by atoms with Crippen LogP contribution < -0.4 is 25.3 Å². The third kappa shape index (κ3) is 2.93. The fourth-order valence-electron chi connectivity index (χ4n) is 2.89. The van der Waals surface area contributed by atoms with Crippen LogP contribution in [0.4, 0.5) is 5.69 Å². The highest BCUT2D eigenvalue weighted by molar-refractivity contribution is 5.62. The van der Waals surface area contributed by atoms with Crippen molar-refractivity contribution < 1.29 is 14.2 Å². The minimum absolute atomic E-state index is 0.419. The normalized spacial score (nSPS) is 21.6. The molecule has 2 atom stereocenters. The second-order valence-electron chi connectivity index (χ2n) is 5.09. The van der Waals surface area contributed by atoms with Gasteiger partial charge in [-0.1, -0.05) is 6.42 Å². The summed E-state index contributed by atoms with van der Waals surface area (Å²) in [5.74, 6) is 2.48. The first-order valence-corrected chi connectivity index (χ1v) is 7.00. The van der Waals surface area contributed by atoms with E-state index in [2.05, 4.69) is 5.32 Å². The molecule has 1 fully saturated rings. The highest BCUT2D eigenvalue weighted by Crippen LogP contribution is 2.40. The summed E-state index contributed by atoms with van der Waals surface area (Å²) in [6, 6.07) is 4.29. The first kappa shape index (κ1) is 14.8. The first-order chi connectivity index (χ1) is 9.73. The number of rotatable bonds is 6. The van der Waals surface area contributed by atoms with Crippen LogP contribution in [0, 0.1) is 5.92 Å². The average Bonchev–Trinajstić information content (AvgIpc) is 2.93. The SMILES string of the molecule is COc1cc(NC2CCCC2CN)cc(OC)c1OC. The Morgan fingerprint density at radius 3 is 2.25 bits per heavy atom. The highest BCUT2D eigenvalue weighted by atomic mass is 16.5. The maximum atomic E-state index is 5.83. The lowest BCUT2D eigenvalue weighted by molar-refractivity contribution is 0.324. The monoisotopic (exact) mass is 280 g/mol. The minimum atomic E-state index is 0.419. The summed E-state index contributed by atoms with van der Waals surface area (Å²) in [5, 5.41) is 3.55. The number of methoxy groups -OCH3 is 3. The minimum Gasteiger partial charge on any atom is -0.493 e. The van der Waals surface area contributed by atoms with Gasteiger partial charge in [0.2, 0.25) is 5.75 Å². The number of hydrogen-bond acceptors (Lipinski definition) is 5. The highest BCUT2D eigenvalue weighted by Gasteiger charge is 2.26.